The van der Waals surface area contributed by atoms with Crippen molar-refractivity contribution in [2.24, 2.45) is 0 Å². The van der Waals surface area contributed by atoms with Crippen molar-refractivity contribution in [3.05, 3.63) is 64.7 Å². The molecular formula is C19H20ClNO3. The van der Waals surface area contributed by atoms with E-state index < -0.39 is 0 Å². The zero-order chi connectivity index (χ0) is 16.9. The Balaban J connectivity index is 1.56. The van der Waals surface area contributed by atoms with Crippen LogP contribution in [0, 0.1) is 0 Å². The number of amides is 1. The largest absolute Gasteiger partial charge is 0.490 e. The van der Waals surface area contributed by atoms with Crippen LogP contribution in [0.25, 0.3) is 0 Å². The van der Waals surface area contributed by atoms with Crippen molar-refractivity contribution in [3.63, 3.8) is 0 Å². The molecule has 0 atom stereocenters. The highest BCUT2D eigenvalue weighted by Crippen LogP contribution is 2.22. The molecule has 0 aromatic heterocycles. The summed E-state index contributed by atoms with van der Waals surface area (Å²) in [5.74, 6) is 0.815. The molecule has 0 aliphatic carbocycles. The van der Waals surface area contributed by atoms with Crippen molar-refractivity contribution >= 4 is 17.5 Å². The monoisotopic (exact) mass is 345 g/mol. The molecule has 2 aromatic carbocycles. The summed E-state index contributed by atoms with van der Waals surface area (Å²) in [6.07, 6.45) is 1.71. The molecule has 1 N–H and O–H groups in total. The number of carbonyl (C=O) groups excluding carboxylic acids is 1. The molecule has 1 fully saturated rings. The third-order valence-electron chi connectivity index (χ3n) is 4.20. The van der Waals surface area contributed by atoms with Crippen LogP contribution < -0.4 is 4.74 Å². The number of likely N-dealkylation sites (tertiary alicyclic amines) is 1. The van der Waals surface area contributed by atoms with Crippen LogP contribution in [0.1, 0.15) is 28.8 Å². The van der Waals surface area contributed by atoms with Gasteiger partial charge in [-0.1, -0.05) is 23.7 Å². The van der Waals surface area contributed by atoms with Gasteiger partial charge in [0.05, 0.1) is 6.61 Å². The fraction of sp³-hybridized carbons (Fsp3) is 0.316. The molecule has 0 radical (unpaired) electrons. The van der Waals surface area contributed by atoms with Gasteiger partial charge in [0.1, 0.15) is 11.9 Å². The van der Waals surface area contributed by atoms with Crippen molar-refractivity contribution in [1.82, 2.24) is 4.90 Å². The van der Waals surface area contributed by atoms with Crippen molar-refractivity contribution < 1.29 is 14.6 Å². The minimum atomic E-state index is -0.0574. The van der Waals surface area contributed by atoms with Gasteiger partial charge in [0, 0.05) is 36.5 Å². The average Bonchev–Trinajstić information content (AvgIpc) is 2.64. The van der Waals surface area contributed by atoms with E-state index in [0.29, 0.717) is 23.7 Å². The Kier molecular flexibility index (Phi) is 5.38. The number of benzene rings is 2. The van der Waals surface area contributed by atoms with Crippen molar-refractivity contribution in [3.8, 4) is 5.75 Å². The first-order valence-corrected chi connectivity index (χ1v) is 8.45. The van der Waals surface area contributed by atoms with Crippen LogP contribution in [0.3, 0.4) is 0 Å². The predicted molar refractivity (Wildman–Crippen MR) is 93.4 cm³/mol. The molecule has 2 aromatic rings. The molecule has 1 aliphatic heterocycles. The quantitative estimate of drug-likeness (QED) is 0.922. The molecule has 3 rings (SSSR count). The maximum Gasteiger partial charge on any atom is 0.253 e. The van der Waals surface area contributed by atoms with Crippen LogP contribution in [0.4, 0.5) is 0 Å². The Morgan fingerprint density at radius 1 is 1.17 bits per heavy atom. The van der Waals surface area contributed by atoms with E-state index in [-0.39, 0.29) is 18.6 Å². The van der Waals surface area contributed by atoms with E-state index in [2.05, 4.69) is 0 Å². The van der Waals surface area contributed by atoms with Gasteiger partial charge in [0.15, 0.2) is 0 Å². The maximum atomic E-state index is 12.6. The number of hydrogen-bond donors (Lipinski definition) is 1. The molecule has 0 bridgehead atoms. The summed E-state index contributed by atoms with van der Waals surface area (Å²) in [6.45, 7) is 1.28. The Morgan fingerprint density at radius 3 is 2.54 bits per heavy atom. The lowest BCUT2D eigenvalue weighted by molar-refractivity contribution is 0.0595. The summed E-state index contributed by atoms with van der Waals surface area (Å²) in [5, 5.41) is 9.88. The van der Waals surface area contributed by atoms with Crippen molar-refractivity contribution in [2.45, 2.75) is 25.6 Å². The fourth-order valence-electron chi connectivity index (χ4n) is 2.87. The molecule has 1 heterocycles. The number of aliphatic hydroxyl groups excluding tert-OH is 1. The average molecular weight is 346 g/mol. The first-order valence-electron chi connectivity index (χ1n) is 8.07. The van der Waals surface area contributed by atoms with E-state index in [1.165, 1.54) is 0 Å². The number of aliphatic hydroxyl groups is 1. The summed E-state index contributed by atoms with van der Waals surface area (Å²) < 4.78 is 5.95. The topological polar surface area (TPSA) is 49.8 Å². The van der Waals surface area contributed by atoms with Crippen LogP contribution in [0.2, 0.25) is 5.02 Å². The highest BCUT2D eigenvalue weighted by atomic mass is 35.5. The van der Waals surface area contributed by atoms with Gasteiger partial charge in [0.2, 0.25) is 0 Å². The second-order valence-electron chi connectivity index (χ2n) is 5.92. The number of piperidine rings is 1. The third kappa shape index (κ3) is 4.08. The fourth-order valence-corrected chi connectivity index (χ4v) is 2.99. The van der Waals surface area contributed by atoms with Gasteiger partial charge in [-0.25, -0.2) is 0 Å². The third-order valence-corrected chi connectivity index (χ3v) is 4.45. The lowest BCUT2D eigenvalue weighted by Gasteiger charge is -2.32. The maximum absolute atomic E-state index is 12.6. The standard InChI is InChI=1S/C19H20ClNO3/c20-16-4-6-17(7-5-16)24-18-8-10-21(11-9-18)19(23)15-3-1-2-14(12-15)13-22/h1-7,12,18,22H,8-11,13H2. The molecule has 0 spiro atoms. The molecule has 0 unspecified atom stereocenters. The van der Waals surface area contributed by atoms with E-state index >= 15 is 0 Å². The number of hydrogen-bond acceptors (Lipinski definition) is 3. The van der Waals surface area contributed by atoms with E-state index in [1.54, 1.807) is 18.2 Å². The van der Waals surface area contributed by atoms with E-state index in [0.717, 1.165) is 24.2 Å². The minimum absolute atomic E-state index is 0.00948. The molecule has 1 amide bonds. The van der Waals surface area contributed by atoms with E-state index in [1.807, 2.05) is 35.2 Å². The number of halogens is 1. The summed E-state index contributed by atoms with van der Waals surface area (Å²) in [5.41, 5.74) is 1.38. The Labute approximate surface area is 146 Å². The molecule has 4 nitrogen and oxygen atoms in total. The SMILES string of the molecule is O=C(c1cccc(CO)c1)N1CCC(Oc2ccc(Cl)cc2)CC1. The van der Waals surface area contributed by atoms with Gasteiger partial charge in [0.25, 0.3) is 5.91 Å². The number of carbonyl (C=O) groups is 1. The molecule has 24 heavy (non-hydrogen) atoms. The number of nitrogens with zero attached hydrogens (tertiary/aromatic N) is 1. The van der Waals surface area contributed by atoms with Gasteiger partial charge >= 0.3 is 0 Å². The Morgan fingerprint density at radius 2 is 1.88 bits per heavy atom. The van der Waals surface area contributed by atoms with Gasteiger partial charge in [-0.05, 0) is 42.0 Å². The highest BCUT2D eigenvalue weighted by Gasteiger charge is 2.24. The zero-order valence-corrected chi connectivity index (χ0v) is 14.1. The Hall–Kier alpha value is -2.04. The van der Waals surface area contributed by atoms with Gasteiger partial charge in [-0.2, -0.15) is 0 Å². The lowest BCUT2D eigenvalue weighted by atomic mass is 10.1. The van der Waals surface area contributed by atoms with Crippen molar-refractivity contribution in [2.75, 3.05) is 13.1 Å². The molecule has 0 saturated carbocycles. The van der Waals surface area contributed by atoms with Gasteiger partial charge < -0.3 is 14.7 Å². The van der Waals surface area contributed by atoms with Gasteiger partial charge in [-0.3, -0.25) is 4.79 Å². The molecular weight excluding hydrogens is 326 g/mol. The predicted octanol–water partition coefficient (Wildman–Crippen LogP) is 3.52. The minimum Gasteiger partial charge on any atom is -0.490 e. The van der Waals surface area contributed by atoms with Gasteiger partial charge in [-0.15, -0.1) is 0 Å². The summed E-state index contributed by atoms with van der Waals surface area (Å²) >= 11 is 5.87. The molecule has 5 heteroatoms. The van der Waals surface area contributed by atoms with Crippen LogP contribution in [-0.4, -0.2) is 35.1 Å². The first kappa shape index (κ1) is 16.8. The molecule has 1 saturated heterocycles. The van der Waals surface area contributed by atoms with E-state index in [4.69, 9.17) is 16.3 Å². The lowest BCUT2D eigenvalue weighted by Crippen LogP contribution is -2.41. The summed E-state index contributed by atoms with van der Waals surface area (Å²) in [7, 11) is 0. The second-order valence-corrected chi connectivity index (χ2v) is 6.36. The second kappa shape index (κ2) is 7.69. The van der Waals surface area contributed by atoms with E-state index in [9.17, 15) is 9.90 Å². The van der Waals surface area contributed by atoms with Crippen molar-refractivity contribution in [1.29, 1.82) is 0 Å². The summed E-state index contributed by atoms with van der Waals surface area (Å²) in [6, 6.07) is 14.5. The zero-order valence-electron chi connectivity index (χ0n) is 13.3. The summed E-state index contributed by atoms with van der Waals surface area (Å²) in [4.78, 5) is 14.4. The normalized spacial score (nSPS) is 15.3. The van der Waals surface area contributed by atoms with Crippen LogP contribution >= 0.6 is 11.6 Å². The molecule has 126 valence electrons. The Bertz CT molecular complexity index is 694. The van der Waals surface area contributed by atoms with Crippen LogP contribution in [-0.2, 0) is 6.61 Å². The first-order chi connectivity index (χ1) is 11.7. The highest BCUT2D eigenvalue weighted by molar-refractivity contribution is 6.30. The van der Waals surface area contributed by atoms with Crippen LogP contribution in [0.5, 0.6) is 5.75 Å². The smallest absolute Gasteiger partial charge is 0.253 e. The van der Waals surface area contributed by atoms with Crippen LogP contribution in [0.15, 0.2) is 48.5 Å². The number of rotatable bonds is 4. The number of ether oxygens (including phenoxy) is 1. The molecule has 1 aliphatic rings.